The molecule has 1 amide bonds. The Kier molecular flexibility index (Phi) is 5.11. The molecule has 0 saturated carbocycles. The summed E-state index contributed by atoms with van der Waals surface area (Å²) < 4.78 is 2.61. The van der Waals surface area contributed by atoms with E-state index >= 15 is 0 Å². The van der Waals surface area contributed by atoms with Gasteiger partial charge in [-0.1, -0.05) is 11.6 Å². The summed E-state index contributed by atoms with van der Waals surface area (Å²) in [6.07, 6.45) is 1.77. The average molecular weight is 377 g/mol. The molecule has 0 unspecified atom stereocenters. The smallest absolute Gasteiger partial charge is 0.256 e. The van der Waals surface area contributed by atoms with Crippen molar-refractivity contribution in [3.63, 3.8) is 0 Å². The third-order valence-electron chi connectivity index (χ3n) is 4.12. The van der Waals surface area contributed by atoms with Gasteiger partial charge in [-0.25, -0.2) is 9.67 Å². The summed E-state index contributed by atoms with van der Waals surface area (Å²) >= 11 is 7.50. The molecule has 25 heavy (non-hydrogen) atoms. The summed E-state index contributed by atoms with van der Waals surface area (Å²) in [7, 11) is 0. The van der Waals surface area contributed by atoms with Crippen LogP contribution in [0, 0.1) is 6.92 Å². The van der Waals surface area contributed by atoms with Gasteiger partial charge >= 0.3 is 0 Å². The number of rotatable bonds is 5. The van der Waals surface area contributed by atoms with Crippen LogP contribution in [-0.2, 0) is 6.54 Å². The molecule has 3 aromatic rings. The maximum atomic E-state index is 13.0. The second kappa shape index (κ2) is 7.14. The molecule has 5 nitrogen and oxygen atoms in total. The molecule has 0 radical (unpaired) electrons. The lowest BCUT2D eigenvalue weighted by atomic mass is 10.1. The molecule has 0 aliphatic carbocycles. The van der Waals surface area contributed by atoms with Crippen molar-refractivity contribution in [2.75, 3.05) is 6.54 Å². The highest BCUT2D eigenvalue weighted by molar-refractivity contribution is 7.16. The predicted molar refractivity (Wildman–Crippen MR) is 102 cm³/mol. The highest BCUT2D eigenvalue weighted by Crippen LogP contribution is 2.24. The van der Waals surface area contributed by atoms with Crippen LogP contribution in [0.25, 0.3) is 11.0 Å². The number of nitrogens with zero attached hydrogens (tertiary/aromatic N) is 4. The lowest BCUT2D eigenvalue weighted by molar-refractivity contribution is 0.0753. The molecule has 3 heterocycles. The number of hydrogen-bond acceptors (Lipinski definition) is 4. The predicted octanol–water partition coefficient (Wildman–Crippen LogP) is 4.70. The molecule has 3 rings (SSSR count). The zero-order chi connectivity index (χ0) is 18.1. The summed E-state index contributed by atoms with van der Waals surface area (Å²) in [5, 5.41) is 5.28. The Labute approximate surface area is 156 Å². The van der Waals surface area contributed by atoms with E-state index in [4.69, 9.17) is 11.6 Å². The van der Waals surface area contributed by atoms with Gasteiger partial charge in [0.05, 0.1) is 28.3 Å². The molecule has 0 bridgehead atoms. The number of thiophene rings is 1. The van der Waals surface area contributed by atoms with Crippen LogP contribution in [0.1, 0.15) is 47.7 Å². The Hall–Kier alpha value is -1.92. The maximum absolute atomic E-state index is 13.0. The minimum Gasteiger partial charge on any atom is -0.334 e. The summed E-state index contributed by atoms with van der Waals surface area (Å²) in [5.41, 5.74) is 2.17. The zero-order valence-electron chi connectivity index (χ0n) is 14.8. The average Bonchev–Trinajstić information content (AvgIpc) is 3.16. The van der Waals surface area contributed by atoms with Crippen molar-refractivity contribution in [1.82, 2.24) is 19.7 Å². The highest BCUT2D eigenvalue weighted by Gasteiger charge is 2.20. The molecule has 132 valence electrons. The van der Waals surface area contributed by atoms with E-state index in [1.807, 2.05) is 41.6 Å². The third kappa shape index (κ3) is 3.55. The van der Waals surface area contributed by atoms with Crippen LogP contribution in [0.2, 0.25) is 4.34 Å². The Bertz CT molecular complexity index is 915. The molecule has 0 N–H and O–H groups in total. The monoisotopic (exact) mass is 376 g/mol. The van der Waals surface area contributed by atoms with Crippen LogP contribution in [0.15, 0.2) is 24.4 Å². The number of carbonyl (C=O) groups is 1. The molecule has 3 aromatic heterocycles. The van der Waals surface area contributed by atoms with E-state index in [0.717, 1.165) is 25.9 Å². The standard InChI is InChI=1S/C18H21ClN4OS/c1-5-22(10-14-6-7-16(19)25-14)18(24)15-8-13-9-20-23(11(2)3)17(13)21-12(15)4/h6-9,11H,5,10H2,1-4H3. The summed E-state index contributed by atoms with van der Waals surface area (Å²) in [5.74, 6) is -0.0174. The van der Waals surface area contributed by atoms with Gasteiger partial charge in [-0.15, -0.1) is 11.3 Å². The van der Waals surface area contributed by atoms with E-state index in [2.05, 4.69) is 23.9 Å². The van der Waals surface area contributed by atoms with Gasteiger partial charge < -0.3 is 4.90 Å². The van der Waals surface area contributed by atoms with Gasteiger partial charge in [-0.3, -0.25) is 4.79 Å². The Morgan fingerprint density at radius 3 is 2.76 bits per heavy atom. The van der Waals surface area contributed by atoms with Gasteiger partial charge in [-0.05, 0) is 45.9 Å². The molecule has 0 atom stereocenters. The number of halogens is 1. The fourth-order valence-corrected chi connectivity index (χ4v) is 3.89. The minimum atomic E-state index is -0.0174. The fraction of sp³-hybridized carbons (Fsp3) is 0.389. The van der Waals surface area contributed by atoms with Gasteiger partial charge in [0.15, 0.2) is 5.65 Å². The van der Waals surface area contributed by atoms with Crippen molar-refractivity contribution in [3.8, 4) is 0 Å². The van der Waals surface area contributed by atoms with Crippen LogP contribution in [0.3, 0.4) is 0 Å². The van der Waals surface area contributed by atoms with Gasteiger partial charge in [0.1, 0.15) is 0 Å². The number of pyridine rings is 1. The van der Waals surface area contributed by atoms with Crippen LogP contribution >= 0.6 is 22.9 Å². The van der Waals surface area contributed by atoms with Crippen molar-refractivity contribution in [3.05, 3.63) is 44.9 Å². The van der Waals surface area contributed by atoms with Crippen LogP contribution in [-0.4, -0.2) is 32.1 Å². The van der Waals surface area contributed by atoms with Crippen molar-refractivity contribution in [2.45, 2.75) is 40.3 Å². The molecule has 0 fully saturated rings. The molecular formula is C18H21ClN4OS. The molecule has 0 aromatic carbocycles. The van der Waals surface area contributed by atoms with E-state index in [-0.39, 0.29) is 11.9 Å². The topological polar surface area (TPSA) is 51.0 Å². The van der Waals surface area contributed by atoms with E-state index in [1.54, 1.807) is 6.20 Å². The van der Waals surface area contributed by atoms with Crippen LogP contribution in [0.4, 0.5) is 0 Å². The first kappa shape index (κ1) is 17.9. The number of fused-ring (bicyclic) bond motifs is 1. The largest absolute Gasteiger partial charge is 0.334 e. The van der Waals surface area contributed by atoms with E-state index < -0.39 is 0 Å². The number of aryl methyl sites for hydroxylation is 1. The van der Waals surface area contributed by atoms with Crippen molar-refractivity contribution >= 4 is 39.9 Å². The molecule has 7 heteroatoms. The van der Waals surface area contributed by atoms with Gasteiger partial charge in [0.25, 0.3) is 5.91 Å². The molecule has 0 saturated heterocycles. The molecule has 0 aliphatic heterocycles. The van der Waals surface area contributed by atoms with E-state index in [0.29, 0.717) is 18.7 Å². The van der Waals surface area contributed by atoms with Gasteiger partial charge in [-0.2, -0.15) is 5.10 Å². The molecule has 0 aliphatic rings. The first-order valence-corrected chi connectivity index (χ1v) is 9.48. The first-order valence-electron chi connectivity index (χ1n) is 8.29. The number of carbonyl (C=O) groups excluding carboxylic acids is 1. The van der Waals surface area contributed by atoms with Crippen LogP contribution in [0.5, 0.6) is 0 Å². The lowest BCUT2D eigenvalue weighted by Crippen LogP contribution is -2.30. The SMILES string of the molecule is CCN(Cc1ccc(Cl)s1)C(=O)c1cc2cnn(C(C)C)c2nc1C. The van der Waals surface area contributed by atoms with Crippen molar-refractivity contribution < 1.29 is 4.79 Å². The lowest BCUT2D eigenvalue weighted by Gasteiger charge is -2.21. The normalized spacial score (nSPS) is 11.4. The molecular weight excluding hydrogens is 356 g/mol. The van der Waals surface area contributed by atoms with E-state index in [1.165, 1.54) is 11.3 Å². The van der Waals surface area contributed by atoms with Crippen LogP contribution < -0.4 is 0 Å². The summed E-state index contributed by atoms with van der Waals surface area (Å²) in [4.78, 5) is 20.5. The third-order valence-corrected chi connectivity index (χ3v) is 5.34. The van der Waals surface area contributed by atoms with Crippen molar-refractivity contribution in [1.29, 1.82) is 0 Å². The Morgan fingerprint density at radius 1 is 1.40 bits per heavy atom. The summed E-state index contributed by atoms with van der Waals surface area (Å²) in [6.45, 7) is 9.15. The zero-order valence-corrected chi connectivity index (χ0v) is 16.4. The fourth-order valence-electron chi connectivity index (χ4n) is 2.78. The van der Waals surface area contributed by atoms with Gasteiger partial charge in [0.2, 0.25) is 0 Å². The van der Waals surface area contributed by atoms with E-state index in [9.17, 15) is 4.79 Å². The Morgan fingerprint density at radius 2 is 2.16 bits per heavy atom. The minimum absolute atomic E-state index is 0.0174. The second-order valence-electron chi connectivity index (χ2n) is 6.24. The highest BCUT2D eigenvalue weighted by atomic mass is 35.5. The molecule has 0 spiro atoms. The van der Waals surface area contributed by atoms with Crippen molar-refractivity contribution in [2.24, 2.45) is 0 Å². The Balaban J connectivity index is 1.93. The second-order valence-corrected chi connectivity index (χ2v) is 8.04. The number of hydrogen-bond donors (Lipinski definition) is 0. The first-order chi connectivity index (χ1) is 11.9. The number of amides is 1. The van der Waals surface area contributed by atoms with Gasteiger partial charge in [0, 0.05) is 22.8 Å². The maximum Gasteiger partial charge on any atom is 0.256 e. The number of aromatic nitrogens is 3. The summed E-state index contributed by atoms with van der Waals surface area (Å²) in [6, 6.07) is 5.94. The quantitative estimate of drug-likeness (QED) is 0.648.